The lowest BCUT2D eigenvalue weighted by Crippen LogP contribution is -2.43. The molecule has 32 heavy (non-hydrogen) atoms. The van der Waals surface area contributed by atoms with Crippen LogP contribution >= 0.6 is 12.2 Å². The van der Waals surface area contributed by atoms with Crippen LogP contribution in [0.3, 0.4) is 0 Å². The van der Waals surface area contributed by atoms with Gasteiger partial charge >= 0.3 is 6.09 Å². The molecule has 1 atom stereocenters. The monoisotopic (exact) mass is 452 g/mol. The van der Waals surface area contributed by atoms with Crippen LogP contribution in [0.2, 0.25) is 0 Å². The molecular formula is C24H28N4O3S. The summed E-state index contributed by atoms with van der Waals surface area (Å²) in [6.45, 7) is 7.51. The average Bonchev–Trinajstić information content (AvgIpc) is 3.25. The quantitative estimate of drug-likeness (QED) is 0.679. The molecule has 1 aromatic carbocycles. The predicted octanol–water partition coefficient (Wildman–Crippen LogP) is 4.32. The number of amides is 2. The van der Waals surface area contributed by atoms with Crippen molar-refractivity contribution in [3.05, 3.63) is 59.2 Å². The third-order valence-electron chi connectivity index (χ3n) is 5.74. The van der Waals surface area contributed by atoms with E-state index in [1.807, 2.05) is 48.8 Å². The minimum absolute atomic E-state index is 0.206. The van der Waals surface area contributed by atoms with Crippen LogP contribution in [0.25, 0.3) is 0 Å². The van der Waals surface area contributed by atoms with Gasteiger partial charge in [-0.15, -0.1) is 0 Å². The molecule has 1 aromatic heterocycles. The first-order valence-corrected chi connectivity index (χ1v) is 11.2. The van der Waals surface area contributed by atoms with E-state index in [9.17, 15) is 9.59 Å². The molecule has 0 saturated carbocycles. The van der Waals surface area contributed by atoms with E-state index >= 15 is 0 Å². The van der Waals surface area contributed by atoms with Crippen molar-refractivity contribution in [3.8, 4) is 0 Å². The number of benzene rings is 1. The second-order valence-corrected chi connectivity index (χ2v) is 9.40. The smallest absolute Gasteiger partial charge is 0.410 e. The van der Waals surface area contributed by atoms with E-state index in [0.29, 0.717) is 31.1 Å². The van der Waals surface area contributed by atoms with E-state index < -0.39 is 5.60 Å². The summed E-state index contributed by atoms with van der Waals surface area (Å²) in [5.74, 6) is 0.450. The van der Waals surface area contributed by atoms with Gasteiger partial charge in [-0.1, -0.05) is 24.3 Å². The third-order valence-corrected chi connectivity index (χ3v) is 5.93. The maximum Gasteiger partial charge on any atom is 0.410 e. The fourth-order valence-electron chi connectivity index (χ4n) is 4.34. The fraction of sp³-hybridized carbons (Fsp3) is 0.417. The van der Waals surface area contributed by atoms with Crippen LogP contribution in [-0.4, -0.2) is 45.6 Å². The standard InChI is InChI=1S/C24H28N4O3S/c1-24(2,3)31-23(30)27-12-6-8-16(13-27)18-9-5-4-7-17(18)14-28-19-10-11-25-21(19)22(29)26-20(28)15-32/h4-5,7,9-11,16,25H,6,8,12-14H2,1-3H3,(H,26,29). The number of aromatic amines is 1. The summed E-state index contributed by atoms with van der Waals surface area (Å²) in [5.41, 5.74) is 3.08. The molecule has 168 valence electrons. The molecule has 7 nitrogen and oxygen atoms in total. The number of ether oxygens (including phenoxy) is 1. The van der Waals surface area contributed by atoms with Crippen molar-refractivity contribution in [2.45, 2.75) is 51.7 Å². The Balaban J connectivity index is 1.59. The Morgan fingerprint density at radius 2 is 2.06 bits per heavy atom. The van der Waals surface area contributed by atoms with Gasteiger partial charge in [-0.25, -0.2) is 4.79 Å². The minimum Gasteiger partial charge on any atom is -0.444 e. The molecule has 8 heteroatoms. The number of likely N-dealkylation sites (tertiary alicyclic amines) is 1. The van der Waals surface area contributed by atoms with Crippen LogP contribution in [0.4, 0.5) is 10.5 Å². The zero-order valence-corrected chi connectivity index (χ0v) is 19.4. The number of rotatable bonds is 3. The number of aromatic nitrogens is 1. The van der Waals surface area contributed by atoms with Crippen molar-refractivity contribution in [2.75, 3.05) is 18.0 Å². The number of anilines is 1. The van der Waals surface area contributed by atoms with E-state index in [2.05, 4.69) is 27.5 Å². The van der Waals surface area contributed by atoms with E-state index in [-0.39, 0.29) is 17.9 Å². The molecule has 0 spiro atoms. The molecule has 2 aliphatic rings. The highest BCUT2D eigenvalue weighted by Crippen LogP contribution is 2.33. The Hall–Kier alpha value is -3.09. The van der Waals surface area contributed by atoms with Crippen LogP contribution < -0.4 is 10.2 Å². The average molecular weight is 453 g/mol. The number of piperidine rings is 1. The van der Waals surface area contributed by atoms with Gasteiger partial charge in [0.05, 0.1) is 12.2 Å². The van der Waals surface area contributed by atoms with Crippen LogP contribution in [0.1, 0.15) is 61.1 Å². The maximum absolute atomic E-state index is 12.6. The number of carbonyl (C=O) groups is 2. The van der Waals surface area contributed by atoms with Crippen LogP contribution in [0, 0.1) is 0 Å². The number of H-pyrrole nitrogens is 1. The topological polar surface area (TPSA) is 77.7 Å². The van der Waals surface area contributed by atoms with Gasteiger partial charge in [-0.05, 0) is 68.0 Å². The number of fused-ring (bicyclic) bond motifs is 1. The van der Waals surface area contributed by atoms with Crippen molar-refractivity contribution >= 4 is 34.9 Å². The molecule has 4 rings (SSSR count). The normalized spacial score (nSPS) is 18.7. The molecule has 2 aliphatic heterocycles. The van der Waals surface area contributed by atoms with Gasteiger partial charge in [-0.3, -0.25) is 10.1 Å². The minimum atomic E-state index is -0.516. The molecule has 0 radical (unpaired) electrons. The largest absolute Gasteiger partial charge is 0.444 e. The molecule has 1 unspecified atom stereocenters. The maximum atomic E-state index is 12.6. The fourth-order valence-corrected chi connectivity index (χ4v) is 4.50. The number of nitrogens with zero attached hydrogens (tertiary/aromatic N) is 2. The molecule has 2 amide bonds. The van der Waals surface area contributed by atoms with E-state index in [1.165, 1.54) is 5.56 Å². The summed E-state index contributed by atoms with van der Waals surface area (Å²) in [4.78, 5) is 31.7. The van der Waals surface area contributed by atoms with Gasteiger partial charge in [0.1, 0.15) is 11.3 Å². The lowest BCUT2D eigenvalue weighted by Gasteiger charge is -2.36. The lowest BCUT2D eigenvalue weighted by molar-refractivity contribution is 0.0198. The SMILES string of the molecule is CC(C)(C)OC(=O)N1CCCC(c2ccccc2CN2C(=C=S)NC(=O)c3[nH]ccc32)C1. The zero-order valence-electron chi connectivity index (χ0n) is 18.6. The number of carbonyl (C=O) groups excluding carboxylic acids is 2. The van der Waals surface area contributed by atoms with Gasteiger partial charge in [-0.2, -0.15) is 0 Å². The molecule has 1 fully saturated rings. The second-order valence-electron chi connectivity index (χ2n) is 9.19. The Morgan fingerprint density at radius 3 is 2.81 bits per heavy atom. The van der Waals surface area contributed by atoms with Crippen molar-refractivity contribution < 1.29 is 14.3 Å². The van der Waals surface area contributed by atoms with Crippen LogP contribution in [0.5, 0.6) is 0 Å². The van der Waals surface area contributed by atoms with Crippen molar-refractivity contribution in [1.82, 2.24) is 15.2 Å². The van der Waals surface area contributed by atoms with Crippen molar-refractivity contribution in [1.29, 1.82) is 0 Å². The molecule has 0 aliphatic carbocycles. The number of hydrogen-bond donors (Lipinski definition) is 2. The van der Waals surface area contributed by atoms with Crippen molar-refractivity contribution in [3.63, 3.8) is 0 Å². The summed E-state index contributed by atoms with van der Waals surface area (Å²) in [7, 11) is 0. The molecule has 1 saturated heterocycles. The molecule has 2 aromatic rings. The van der Waals surface area contributed by atoms with Crippen LogP contribution in [-0.2, 0) is 11.3 Å². The number of nitrogens with one attached hydrogen (secondary N) is 2. The Kier molecular flexibility index (Phi) is 6.09. The highest BCUT2D eigenvalue weighted by molar-refractivity contribution is 7.78. The molecule has 2 N–H and O–H groups in total. The Morgan fingerprint density at radius 1 is 1.28 bits per heavy atom. The summed E-state index contributed by atoms with van der Waals surface area (Å²) >= 11 is 5.05. The Bertz CT molecular complexity index is 1080. The first-order valence-electron chi connectivity index (χ1n) is 10.8. The van der Waals surface area contributed by atoms with E-state index in [0.717, 1.165) is 24.1 Å². The molecular weight excluding hydrogens is 424 g/mol. The van der Waals surface area contributed by atoms with E-state index in [4.69, 9.17) is 17.0 Å². The Labute approximate surface area is 193 Å². The van der Waals surface area contributed by atoms with Gasteiger partial charge in [0.25, 0.3) is 5.91 Å². The van der Waals surface area contributed by atoms with Gasteiger partial charge in [0.15, 0.2) is 5.82 Å². The molecule has 3 heterocycles. The summed E-state index contributed by atoms with van der Waals surface area (Å²) in [5, 5.41) is 5.50. The summed E-state index contributed by atoms with van der Waals surface area (Å²) in [6, 6.07) is 10.1. The third kappa shape index (κ3) is 4.56. The first-order chi connectivity index (χ1) is 15.3. The van der Waals surface area contributed by atoms with Gasteiger partial charge in [0.2, 0.25) is 0 Å². The summed E-state index contributed by atoms with van der Waals surface area (Å²) < 4.78 is 5.59. The predicted molar refractivity (Wildman–Crippen MR) is 127 cm³/mol. The van der Waals surface area contributed by atoms with E-state index in [1.54, 1.807) is 6.20 Å². The number of thiocarbonyl (C=S) groups is 1. The molecule has 0 bridgehead atoms. The lowest BCUT2D eigenvalue weighted by atomic mass is 9.87. The number of hydrogen-bond acceptors (Lipinski definition) is 5. The second kappa shape index (κ2) is 8.81. The highest BCUT2D eigenvalue weighted by Gasteiger charge is 2.31. The highest BCUT2D eigenvalue weighted by atomic mass is 32.1. The van der Waals surface area contributed by atoms with Crippen LogP contribution in [0.15, 0.2) is 42.3 Å². The first kappa shape index (κ1) is 22.1. The van der Waals surface area contributed by atoms with Gasteiger partial charge < -0.3 is 19.5 Å². The summed E-state index contributed by atoms with van der Waals surface area (Å²) in [6.07, 6.45) is 3.40. The zero-order chi connectivity index (χ0) is 22.9. The van der Waals surface area contributed by atoms with Crippen molar-refractivity contribution in [2.24, 2.45) is 0 Å². The van der Waals surface area contributed by atoms with Gasteiger partial charge in [0, 0.05) is 25.2 Å².